The average Bonchev–Trinajstić information content (AvgIpc) is 1.63. The van der Waals surface area contributed by atoms with Gasteiger partial charge in [0.2, 0.25) is 0 Å². The standard InChI is InChI=1S/C4H6O5.H2O.Pb/c5-3(6)1-9-2-4(7)8;;/h1-2H2,(H,5,6)(H,7,8);1H2;/q;;+2/p-1. The van der Waals surface area contributed by atoms with Gasteiger partial charge in [-0.15, -0.1) is 0 Å². The molecular formula is C4H7O6Pb+. The van der Waals surface area contributed by atoms with Crippen molar-refractivity contribution in [2.75, 3.05) is 13.2 Å². The molecule has 0 fully saturated rings. The van der Waals surface area contributed by atoms with E-state index in [2.05, 4.69) is 4.74 Å². The predicted octanol–water partition coefficient (Wildman–Crippen LogP) is -4.80. The molecule has 0 saturated heterocycles. The molecule has 0 saturated carbocycles. The molecule has 0 aliphatic heterocycles. The first-order valence-electron chi connectivity index (χ1n) is 2.10. The van der Waals surface area contributed by atoms with Crippen LogP contribution in [0.15, 0.2) is 0 Å². The number of carbonyl (C=O) groups excluding carboxylic acids is 2. The smallest absolute Gasteiger partial charge is 0.548 e. The van der Waals surface area contributed by atoms with Gasteiger partial charge in [-0.1, -0.05) is 0 Å². The molecule has 7 heteroatoms. The van der Waals surface area contributed by atoms with Crippen LogP contribution in [0.2, 0.25) is 0 Å². The average molecular weight is 358 g/mol. The number of carbonyl (C=O) groups is 2. The molecule has 0 bridgehead atoms. The van der Waals surface area contributed by atoms with Gasteiger partial charge in [-0.3, -0.25) is 0 Å². The SMILES string of the molecule is O=C([O-])COCC(=O)[O-].[OH3+].[Pb+2]. The summed E-state index contributed by atoms with van der Waals surface area (Å²) in [5, 5.41) is 19.1. The van der Waals surface area contributed by atoms with Crippen LogP contribution in [-0.2, 0) is 19.8 Å². The van der Waals surface area contributed by atoms with Gasteiger partial charge in [0.25, 0.3) is 0 Å². The quantitative estimate of drug-likeness (QED) is 0.369. The topological polar surface area (TPSA) is 122 Å². The van der Waals surface area contributed by atoms with Crippen LogP contribution < -0.4 is 10.2 Å². The summed E-state index contributed by atoms with van der Waals surface area (Å²) in [5.41, 5.74) is 0. The third-order valence-electron chi connectivity index (χ3n) is 0.440. The van der Waals surface area contributed by atoms with Crippen molar-refractivity contribution in [1.82, 2.24) is 0 Å². The summed E-state index contributed by atoms with van der Waals surface area (Å²) in [6, 6.07) is 0. The van der Waals surface area contributed by atoms with E-state index in [1.807, 2.05) is 0 Å². The number of rotatable bonds is 4. The van der Waals surface area contributed by atoms with Crippen molar-refractivity contribution in [2.45, 2.75) is 0 Å². The molecule has 6 nitrogen and oxygen atoms in total. The van der Waals surface area contributed by atoms with E-state index >= 15 is 0 Å². The Bertz CT molecular complexity index is 110. The van der Waals surface area contributed by atoms with E-state index in [9.17, 15) is 19.8 Å². The van der Waals surface area contributed by atoms with Crippen molar-refractivity contribution in [3.8, 4) is 0 Å². The predicted molar refractivity (Wildman–Crippen MR) is 31.5 cm³/mol. The zero-order chi connectivity index (χ0) is 7.28. The van der Waals surface area contributed by atoms with E-state index in [-0.39, 0.29) is 32.8 Å². The van der Waals surface area contributed by atoms with Gasteiger partial charge < -0.3 is 30.0 Å². The molecule has 0 unspecified atom stereocenters. The van der Waals surface area contributed by atoms with Crippen molar-refractivity contribution < 1.29 is 30.0 Å². The van der Waals surface area contributed by atoms with Crippen LogP contribution in [0.3, 0.4) is 0 Å². The summed E-state index contributed by atoms with van der Waals surface area (Å²) in [5.74, 6) is -2.90. The van der Waals surface area contributed by atoms with Gasteiger partial charge in [-0.05, 0) is 0 Å². The first-order valence-corrected chi connectivity index (χ1v) is 2.10. The fraction of sp³-hybridized carbons (Fsp3) is 0.500. The Balaban J connectivity index is -0.000000320. The number of carboxylic acids is 2. The number of hydrogen-bond donors (Lipinski definition) is 0. The number of ether oxygens (including phenoxy) is 1. The Kier molecular flexibility index (Phi) is 15.1. The monoisotopic (exact) mass is 359 g/mol. The molecule has 11 heavy (non-hydrogen) atoms. The summed E-state index contributed by atoms with van der Waals surface area (Å²) in [4.78, 5) is 19.1. The number of hydrogen-bond acceptors (Lipinski definition) is 5. The van der Waals surface area contributed by atoms with Crippen LogP contribution in [0.5, 0.6) is 0 Å². The maximum absolute atomic E-state index is 9.53. The zero-order valence-electron chi connectivity index (χ0n) is 5.53. The summed E-state index contributed by atoms with van der Waals surface area (Å²) >= 11 is 0. The van der Waals surface area contributed by atoms with Crippen LogP contribution in [0.4, 0.5) is 0 Å². The minimum atomic E-state index is -1.45. The second-order valence-electron chi connectivity index (χ2n) is 1.24. The van der Waals surface area contributed by atoms with Gasteiger partial charge in [0.05, 0.1) is 25.2 Å². The summed E-state index contributed by atoms with van der Waals surface area (Å²) < 4.78 is 4.03. The van der Waals surface area contributed by atoms with Crippen LogP contribution in [0, 0.1) is 0 Å². The Labute approximate surface area is 82.6 Å². The first-order chi connectivity index (χ1) is 4.13. The third kappa shape index (κ3) is 17.7. The van der Waals surface area contributed by atoms with Crippen LogP contribution in [0.1, 0.15) is 0 Å². The molecule has 62 valence electrons. The molecule has 0 aromatic rings. The number of carboxylic acid groups (broad SMARTS) is 2. The largest absolute Gasteiger partial charge is 2.00 e. The Morgan fingerprint density at radius 1 is 1.09 bits per heavy atom. The first kappa shape index (κ1) is 17.0. The molecule has 0 amide bonds. The van der Waals surface area contributed by atoms with E-state index in [0.717, 1.165) is 0 Å². The van der Waals surface area contributed by atoms with Crippen LogP contribution >= 0.6 is 0 Å². The summed E-state index contributed by atoms with van der Waals surface area (Å²) in [6.45, 7) is -1.43. The van der Waals surface area contributed by atoms with Crippen LogP contribution in [-0.4, -0.2) is 52.5 Å². The molecule has 0 aromatic heterocycles. The van der Waals surface area contributed by atoms with Crippen molar-refractivity contribution in [3.05, 3.63) is 0 Å². The van der Waals surface area contributed by atoms with Gasteiger partial charge in [-0.25, -0.2) is 0 Å². The second-order valence-corrected chi connectivity index (χ2v) is 1.24. The number of aliphatic carboxylic acids is 2. The molecule has 0 aromatic carbocycles. The second kappa shape index (κ2) is 9.78. The van der Waals surface area contributed by atoms with E-state index in [1.165, 1.54) is 0 Å². The van der Waals surface area contributed by atoms with E-state index in [4.69, 9.17) is 0 Å². The minimum absolute atomic E-state index is 0. The molecule has 0 rings (SSSR count). The molecule has 0 atom stereocenters. The Morgan fingerprint density at radius 3 is 1.55 bits per heavy atom. The van der Waals surface area contributed by atoms with Crippen molar-refractivity contribution >= 4 is 39.2 Å². The van der Waals surface area contributed by atoms with E-state index in [0.29, 0.717) is 0 Å². The summed E-state index contributed by atoms with van der Waals surface area (Å²) in [7, 11) is 0. The van der Waals surface area contributed by atoms with E-state index < -0.39 is 25.2 Å². The normalized spacial score (nSPS) is 7.27. The third-order valence-corrected chi connectivity index (χ3v) is 0.440. The fourth-order valence-electron chi connectivity index (χ4n) is 0.218. The van der Waals surface area contributed by atoms with Gasteiger partial charge >= 0.3 is 27.3 Å². The van der Waals surface area contributed by atoms with Crippen molar-refractivity contribution in [3.63, 3.8) is 0 Å². The molecule has 2 radical (unpaired) electrons. The van der Waals surface area contributed by atoms with Crippen molar-refractivity contribution in [2.24, 2.45) is 0 Å². The molecule has 0 heterocycles. The Morgan fingerprint density at radius 2 is 1.36 bits per heavy atom. The molecule has 0 spiro atoms. The van der Waals surface area contributed by atoms with Crippen LogP contribution in [0.25, 0.3) is 0 Å². The molecular weight excluding hydrogens is 351 g/mol. The molecule has 0 aliphatic carbocycles. The minimum Gasteiger partial charge on any atom is -0.548 e. The molecule has 0 aliphatic rings. The Hall–Kier alpha value is -0.218. The maximum atomic E-state index is 9.53. The zero-order valence-corrected chi connectivity index (χ0v) is 9.42. The maximum Gasteiger partial charge on any atom is 2.00 e. The van der Waals surface area contributed by atoms with Crippen molar-refractivity contribution in [1.29, 1.82) is 0 Å². The van der Waals surface area contributed by atoms with Gasteiger partial charge in [0, 0.05) is 0 Å². The van der Waals surface area contributed by atoms with Gasteiger partial charge in [0.1, 0.15) is 0 Å². The van der Waals surface area contributed by atoms with E-state index in [1.54, 1.807) is 0 Å². The summed E-state index contributed by atoms with van der Waals surface area (Å²) in [6.07, 6.45) is 0. The fourth-order valence-corrected chi connectivity index (χ4v) is 0.218. The molecule has 3 N–H and O–H groups in total. The van der Waals surface area contributed by atoms with Gasteiger partial charge in [-0.2, -0.15) is 0 Å². The van der Waals surface area contributed by atoms with Gasteiger partial charge in [0.15, 0.2) is 0 Å².